The number of fused-ring (bicyclic) bond motifs is 2. The van der Waals surface area contributed by atoms with E-state index in [0.29, 0.717) is 11.6 Å². The van der Waals surface area contributed by atoms with E-state index in [4.69, 9.17) is 4.98 Å². The van der Waals surface area contributed by atoms with Crippen LogP contribution in [0.15, 0.2) is 42.9 Å². The SMILES string of the molecule is CC(=O)Nc1cc2c(cn1)C1(CC1)CN2c1cc(C)nc(-c2ccncc2)n1. The molecule has 3 aromatic heterocycles. The zero-order chi connectivity index (χ0) is 19.3. The molecule has 28 heavy (non-hydrogen) atoms. The van der Waals surface area contributed by atoms with E-state index in [1.165, 1.54) is 12.5 Å². The van der Waals surface area contributed by atoms with E-state index in [2.05, 4.69) is 25.2 Å². The highest BCUT2D eigenvalue weighted by Crippen LogP contribution is 2.58. The van der Waals surface area contributed by atoms with Crippen LogP contribution in [0.2, 0.25) is 0 Å². The fourth-order valence-corrected chi connectivity index (χ4v) is 3.90. The highest BCUT2D eigenvalue weighted by molar-refractivity contribution is 5.89. The monoisotopic (exact) mass is 372 g/mol. The largest absolute Gasteiger partial charge is 0.325 e. The molecule has 0 saturated heterocycles. The van der Waals surface area contributed by atoms with Gasteiger partial charge >= 0.3 is 0 Å². The molecule has 1 aliphatic heterocycles. The molecule has 140 valence electrons. The highest BCUT2D eigenvalue weighted by atomic mass is 16.1. The molecule has 0 atom stereocenters. The molecule has 4 heterocycles. The summed E-state index contributed by atoms with van der Waals surface area (Å²) in [6.07, 6.45) is 7.70. The topological polar surface area (TPSA) is 83.9 Å². The summed E-state index contributed by atoms with van der Waals surface area (Å²) < 4.78 is 0. The Hall–Kier alpha value is -3.35. The van der Waals surface area contributed by atoms with Crippen molar-refractivity contribution in [3.63, 3.8) is 0 Å². The van der Waals surface area contributed by atoms with E-state index in [0.717, 1.165) is 42.1 Å². The molecule has 0 bridgehead atoms. The van der Waals surface area contributed by atoms with Crippen molar-refractivity contribution in [2.75, 3.05) is 16.8 Å². The smallest absolute Gasteiger partial charge is 0.222 e. The zero-order valence-corrected chi connectivity index (χ0v) is 15.8. The lowest BCUT2D eigenvalue weighted by Crippen LogP contribution is -2.20. The molecule has 7 nitrogen and oxygen atoms in total. The number of aryl methyl sites for hydroxylation is 1. The fourth-order valence-electron chi connectivity index (χ4n) is 3.90. The van der Waals surface area contributed by atoms with Gasteiger partial charge in [-0.3, -0.25) is 9.78 Å². The minimum absolute atomic E-state index is 0.129. The average molecular weight is 372 g/mol. The second-order valence-electron chi connectivity index (χ2n) is 7.56. The number of hydrogen-bond acceptors (Lipinski definition) is 6. The number of hydrogen-bond donors (Lipinski definition) is 1. The maximum absolute atomic E-state index is 11.5. The Morgan fingerprint density at radius 3 is 2.68 bits per heavy atom. The van der Waals surface area contributed by atoms with E-state index in [9.17, 15) is 4.79 Å². The number of nitrogens with zero attached hydrogens (tertiary/aromatic N) is 5. The minimum Gasteiger partial charge on any atom is -0.325 e. The van der Waals surface area contributed by atoms with Gasteiger partial charge in [-0.05, 0) is 31.9 Å². The van der Waals surface area contributed by atoms with Crippen LogP contribution in [-0.4, -0.2) is 32.4 Å². The molecule has 0 radical (unpaired) electrons. The first-order valence-electron chi connectivity index (χ1n) is 9.36. The van der Waals surface area contributed by atoms with Crippen LogP contribution in [0.1, 0.15) is 31.0 Å². The van der Waals surface area contributed by atoms with Gasteiger partial charge in [0, 0.05) is 66.4 Å². The molecule has 1 fully saturated rings. The van der Waals surface area contributed by atoms with Crippen LogP contribution < -0.4 is 10.2 Å². The molecule has 1 aliphatic carbocycles. The van der Waals surface area contributed by atoms with Gasteiger partial charge in [0.15, 0.2) is 5.82 Å². The standard InChI is InChI=1S/C21H20N6O/c1-13-9-19(26-20(24-13)15-3-7-22-8-4-15)27-12-21(5-6-21)16-11-23-18(10-17(16)27)25-14(2)28/h3-4,7-11H,5-6,12H2,1-2H3,(H,23,25,28). The van der Waals surface area contributed by atoms with Crippen LogP contribution >= 0.6 is 0 Å². The van der Waals surface area contributed by atoms with Gasteiger partial charge in [0.1, 0.15) is 11.6 Å². The first kappa shape index (κ1) is 16.8. The zero-order valence-electron chi connectivity index (χ0n) is 15.8. The number of carbonyl (C=O) groups excluding carboxylic acids is 1. The number of pyridine rings is 2. The van der Waals surface area contributed by atoms with Crippen molar-refractivity contribution in [3.05, 3.63) is 54.1 Å². The molecule has 3 aromatic rings. The van der Waals surface area contributed by atoms with Gasteiger partial charge in [-0.15, -0.1) is 0 Å². The molecule has 1 spiro atoms. The van der Waals surface area contributed by atoms with E-state index >= 15 is 0 Å². The summed E-state index contributed by atoms with van der Waals surface area (Å²) in [5.74, 6) is 1.99. The normalized spacial score (nSPS) is 16.1. The Morgan fingerprint density at radius 2 is 1.96 bits per heavy atom. The summed E-state index contributed by atoms with van der Waals surface area (Å²) in [6, 6.07) is 7.79. The van der Waals surface area contributed by atoms with Crippen LogP contribution in [-0.2, 0) is 10.2 Å². The van der Waals surface area contributed by atoms with Gasteiger partial charge in [0.05, 0.1) is 5.69 Å². The first-order valence-corrected chi connectivity index (χ1v) is 9.36. The number of anilines is 3. The van der Waals surface area contributed by atoms with Crippen molar-refractivity contribution in [2.45, 2.75) is 32.1 Å². The summed E-state index contributed by atoms with van der Waals surface area (Å²) in [5.41, 5.74) is 4.31. The average Bonchev–Trinajstić information content (AvgIpc) is 3.39. The summed E-state index contributed by atoms with van der Waals surface area (Å²) >= 11 is 0. The van der Waals surface area contributed by atoms with Crippen LogP contribution in [0, 0.1) is 6.92 Å². The predicted molar refractivity (Wildman–Crippen MR) is 106 cm³/mol. The Kier molecular flexibility index (Phi) is 3.65. The van der Waals surface area contributed by atoms with E-state index < -0.39 is 0 Å². The van der Waals surface area contributed by atoms with E-state index in [-0.39, 0.29) is 11.3 Å². The lowest BCUT2D eigenvalue weighted by Gasteiger charge is -2.20. The van der Waals surface area contributed by atoms with Gasteiger partial charge in [-0.25, -0.2) is 15.0 Å². The molecule has 1 amide bonds. The van der Waals surface area contributed by atoms with Crippen molar-refractivity contribution >= 4 is 23.2 Å². The van der Waals surface area contributed by atoms with Crippen LogP contribution in [0.3, 0.4) is 0 Å². The minimum atomic E-state index is -0.129. The maximum atomic E-state index is 11.5. The molecule has 0 unspecified atom stereocenters. The molecule has 7 heteroatoms. The number of carbonyl (C=O) groups is 1. The Balaban J connectivity index is 1.60. The molecule has 1 N–H and O–H groups in total. The lowest BCUT2D eigenvalue weighted by molar-refractivity contribution is -0.114. The first-order chi connectivity index (χ1) is 13.5. The number of aromatic nitrogens is 4. The van der Waals surface area contributed by atoms with Gasteiger partial charge in [-0.1, -0.05) is 0 Å². The third-order valence-corrected chi connectivity index (χ3v) is 5.42. The third kappa shape index (κ3) is 2.79. The summed E-state index contributed by atoms with van der Waals surface area (Å²) in [7, 11) is 0. The van der Waals surface area contributed by atoms with Crippen molar-refractivity contribution in [1.29, 1.82) is 0 Å². The van der Waals surface area contributed by atoms with Crippen molar-refractivity contribution in [3.8, 4) is 11.4 Å². The van der Waals surface area contributed by atoms with Gasteiger partial charge in [0.25, 0.3) is 0 Å². The summed E-state index contributed by atoms with van der Waals surface area (Å²) in [5, 5.41) is 2.79. The molecule has 2 aliphatic rings. The second-order valence-corrected chi connectivity index (χ2v) is 7.56. The molecule has 0 aromatic carbocycles. The van der Waals surface area contributed by atoms with Gasteiger partial charge < -0.3 is 10.2 Å². The van der Waals surface area contributed by atoms with Crippen molar-refractivity contribution in [1.82, 2.24) is 19.9 Å². The van der Waals surface area contributed by atoms with E-state index in [1.54, 1.807) is 12.4 Å². The predicted octanol–water partition coefficient (Wildman–Crippen LogP) is 3.38. The Morgan fingerprint density at radius 1 is 1.18 bits per heavy atom. The Bertz CT molecular complexity index is 1080. The number of nitrogens with one attached hydrogen (secondary N) is 1. The van der Waals surface area contributed by atoms with Crippen LogP contribution in [0.25, 0.3) is 11.4 Å². The Labute approximate surface area is 162 Å². The second kappa shape index (κ2) is 6.09. The molecule has 1 saturated carbocycles. The van der Waals surface area contributed by atoms with Crippen molar-refractivity contribution < 1.29 is 4.79 Å². The molecular formula is C21H20N6O. The highest BCUT2D eigenvalue weighted by Gasteiger charge is 2.52. The quantitative estimate of drug-likeness (QED) is 0.759. The van der Waals surface area contributed by atoms with Gasteiger partial charge in [0.2, 0.25) is 5.91 Å². The van der Waals surface area contributed by atoms with E-state index in [1.807, 2.05) is 37.4 Å². The van der Waals surface area contributed by atoms with Gasteiger partial charge in [-0.2, -0.15) is 0 Å². The number of rotatable bonds is 3. The van der Waals surface area contributed by atoms with Crippen LogP contribution in [0.5, 0.6) is 0 Å². The fraction of sp³-hybridized carbons (Fsp3) is 0.286. The summed E-state index contributed by atoms with van der Waals surface area (Å²) in [6.45, 7) is 4.35. The van der Waals surface area contributed by atoms with Crippen molar-refractivity contribution in [2.24, 2.45) is 0 Å². The number of amides is 1. The molecular weight excluding hydrogens is 352 g/mol. The molecule has 5 rings (SSSR count). The third-order valence-electron chi connectivity index (χ3n) is 5.42. The lowest BCUT2D eigenvalue weighted by atomic mass is 10.0. The summed E-state index contributed by atoms with van der Waals surface area (Å²) in [4.78, 5) is 31.7. The maximum Gasteiger partial charge on any atom is 0.222 e. The van der Waals surface area contributed by atoms with Crippen LogP contribution in [0.4, 0.5) is 17.3 Å².